The summed E-state index contributed by atoms with van der Waals surface area (Å²) in [4.78, 5) is 30.2. The lowest BCUT2D eigenvalue weighted by Crippen LogP contribution is -2.47. The van der Waals surface area contributed by atoms with Crippen molar-refractivity contribution in [2.24, 2.45) is 5.92 Å². The zero-order valence-electron chi connectivity index (χ0n) is 17.3. The molecule has 2 aromatic rings. The number of carbonyl (C=O) groups excluding carboxylic acids is 1. The number of morpholine rings is 1. The van der Waals surface area contributed by atoms with E-state index in [1.165, 1.54) is 0 Å². The Morgan fingerprint density at radius 3 is 2.50 bits per heavy atom. The maximum absolute atomic E-state index is 12.8. The Balaban J connectivity index is 1.38. The number of nitrogens with one attached hydrogen (secondary N) is 1. The Bertz CT molecular complexity index is 850. The molecule has 2 aliphatic heterocycles. The zero-order valence-corrected chi connectivity index (χ0v) is 17.3. The molecular weight excluding hydrogens is 382 g/mol. The fourth-order valence-electron chi connectivity index (χ4n) is 4.04. The number of hydrogen-bond acceptors (Lipinski definition) is 8. The minimum atomic E-state index is -0.00828. The van der Waals surface area contributed by atoms with Gasteiger partial charge in [0.25, 0.3) is 0 Å². The molecule has 0 unspecified atom stereocenters. The summed E-state index contributed by atoms with van der Waals surface area (Å²) in [5.41, 5.74) is 6.84. The van der Waals surface area contributed by atoms with Crippen LogP contribution in [0.5, 0.6) is 0 Å². The molecule has 30 heavy (non-hydrogen) atoms. The molecule has 2 aliphatic rings. The van der Waals surface area contributed by atoms with Gasteiger partial charge in [-0.05, 0) is 45.0 Å². The van der Waals surface area contributed by atoms with Crippen molar-refractivity contribution in [1.29, 1.82) is 0 Å². The number of piperidine rings is 1. The number of nitrogens with zero attached hydrogens (tertiary/aromatic N) is 5. The summed E-state index contributed by atoms with van der Waals surface area (Å²) in [6.45, 7) is 6.42. The summed E-state index contributed by atoms with van der Waals surface area (Å²) >= 11 is 0. The first-order chi connectivity index (χ1) is 14.6. The normalized spacial score (nSPS) is 19.4. The monoisotopic (exact) mass is 411 g/mol. The van der Waals surface area contributed by atoms with Crippen LogP contribution in [0.15, 0.2) is 30.3 Å². The third-order valence-corrected chi connectivity index (χ3v) is 5.82. The Morgan fingerprint density at radius 2 is 1.80 bits per heavy atom. The Hall–Kier alpha value is -2.78. The Morgan fingerprint density at radius 1 is 1.10 bits per heavy atom. The predicted molar refractivity (Wildman–Crippen MR) is 114 cm³/mol. The number of nitrogens with two attached hydrogens (primary N) is 1. The van der Waals surface area contributed by atoms with Crippen LogP contribution in [0.3, 0.4) is 0 Å². The van der Waals surface area contributed by atoms with E-state index in [0.717, 1.165) is 31.6 Å². The lowest BCUT2D eigenvalue weighted by Gasteiger charge is -2.37. The summed E-state index contributed by atoms with van der Waals surface area (Å²) in [6.07, 6.45) is 1.69. The molecule has 3 heterocycles. The highest BCUT2D eigenvalue weighted by Crippen LogP contribution is 2.27. The third kappa shape index (κ3) is 4.85. The molecule has 2 fully saturated rings. The molecule has 1 amide bonds. The maximum atomic E-state index is 12.8. The van der Waals surface area contributed by atoms with Gasteiger partial charge in [0.15, 0.2) is 5.82 Å². The average Bonchev–Trinajstić information content (AvgIpc) is 2.79. The third-order valence-electron chi connectivity index (χ3n) is 5.82. The second kappa shape index (κ2) is 9.36. The number of para-hydroxylation sites is 1. The first-order valence-electron chi connectivity index (χ1n) is 10.5. The molecule has 160 valence electrons. The lowest BCUT2D eigenvalue weighted by atomic mass is 9.94. The van der Waals surface area contributed by atoms with Gasteiger partial charge in [-0.1, -0.05) is 18.2 Å². The van der Waals surface area contributed by atoms with Crippen molar-refractivity contribution < 1.29 is 9.53 Å². The van der Waals surface area contributed by atoms with E-state index in [2.05, 4.69) is 32.1 Å². The predicted octanol–water partition coefficient (Wildman–Crippen LogP) is 1.83. The molecule has 9 heteroatoms. The number of hydrogen-bond donors (Lipinski definition) is 2. The number of ether oxygens (including phenoxy) is 1. The van der Waals surface area contributed by atoms with E-state index in [0.29, 0.717) is 38.1 Å². The molecule has 0 bridgehead atoms. The van der Waals surface area contributed by atoms with Crippen LogP contribution < -0.4 is 11.1 Å². The average molecular weight is 412 g/mol. The second-order valence-electron chi connectivity index (χ2n) is 7.79. The number of benzene rings is 1. The molecule has 9 nitrogen and oxygen atoms in total. The fraction of sp³-hybridized carbons (Fsp3) is 0.524. The number of nitrogen functional groups attached to an aromatic ring is 1. The zero-order chi connectivity index (χ0) is 20.9. The van der Waals surface area contributed by atoms with Crippen molar-refractivity contribution in [2.75, 3.05) is 50.4 Å². The number of aromatic nitrogens is 3. The van der Waals surface area contributed by atoms with Crippen LogP contribution in [-0.2, 0) is 9.53 Å². The lowest BCUT2D eigenvalue weighted by molar-refractivity contribution is -0.141. The molecular formula is C21H29N7O2. The molecule has 3 N–H and O–H groups in total. The van der Waals surface area contributed by atoms with Crippen LogP contribution in [0, 0.1) is 5.92 Å². The van der Waals surface area contributed by atoms with Crippen LogP contribution in [-0.4, -0.2) is 70.1 Å². The van der Waals surface area contributed by atoms with E-state index in [4.69, 9.17) is 10.5 Å². The van der Waals surface area contributed by atoms with Gasteiger partial charge in [-0.2, -0.15) is 15.0 Å². The molecule has 1 atom stereocenters. The quantitative estimate of drug-likeness (QED) is 0.767. The van der Waals surface area contributed by atoms with Crippen molar-refractivity contribution in [2.45, 2.75) is 25.8 Å². The molecule has 1 aromatic heterocycles. The highest BCUT2D eigenvalue weighted by atomic mass is 16.5. The molecule has 0 radical (unpaired) electrons. The Labute approximate surface area is 176 Å². The molecule has 0 spiro atoms. The number of rotatable bonds is 5. The van der Waals surface area contributed by atoms with Gasteiger partial charge in [-0.25, -0.2) is 0 Å². The van der Waals surface area contributed by atoms with Crippen molar-refractivity contribution >= 4 is 23.5 Å². The van der Waals surface area contributed by atoms with Crippen LogP contribution in [0.4, 0.5) is 17.6 Å². The smallest absolute Gasteiger partial charge is 0.232 e. The van der Waals surface area contributed by atoms with Crippen molar-refractivity contribution in [3.05, 3.63) is 36.2 Å². The molecule has 4 rings (SSSR count). The van der Waals surface area contributed by atoms with E-state index in [1.54, 1.807) is 0 Å². The topological polar surface area (TPSA) is 110 Å². The Kier molecular flexibility index (Phi) is 6.39. The summed E-state index contributed by atoms with van der Waals surface area (Å²) in [7, 11) is 0. The van der Waals surface area contributed by atoms with E-state index < -0.39 is 0 Å². The van der Waals surface area contributed by atoms with Gasteiger partial charge in [-0.15, -0.1) is 0 Å². The standard InChI is InChI=1S/C21H29N7O2/c1-15(18-24-20(22)26-21(25-18)23-17-5-3-2-4-6-17)27-9-7-16(8-10-27)19(29)28-11-13-30-14-12-28/h2-6,15-16H,7-14H2,1H3,(H3,22,23,24,25,26)/t15-/m0/s1. The molecule has 0 aliphatic carbocycles. The molecule has 2 saturated heterocycles. The van der Waals surface area contributed by atoms with E-state index >= 15 is 0 Å². The van der Waals surface area contributed by atoms with E-state index in [1.807, 2.05) is 35.2 Å². The van der Waals surface area contributed by atoms with Gasteiger partial charge in [0.05, 0.1) is 19.3 Å². The highest BCUT2D eigenvalue weighted by molar-refractivity contribution is 5.79. The van der Waals surface area contributed by atoms with Crippen molar-refractivity contribution in [1.82, 2.24) is 24.8 Å². The second-order valence-corrected chi connectivity index (χ2v) is 7.79. The van der Waals surface area contributed by atoms with Crippen LogP contribution in [0.25, 0.3) is 0 Å². The van der Waals surface area contributed by atoms with Crippen molar-refractivity contribution in [3.63, 3.8) is 0 Å². The first kappa shape index (κ1) is 20.5. The summed E-state index contributed by atoms with van der Waals surface area (Å²) in [6, 6.07) is 9.72. The highest BCUT2D eigenvalue weighted by Gasteiger charge is 2.31. The molecule has 1 aromatic carbocycles. The number of anilines is 3. The SMILES string of the molecule is C[C@@H](c1nc(N)nc(Nc2ccccc2)n1)N1CCC(C(=O)N2CCOCC2)CC1. The van der Waals surface area contributed by atoms with Gasteiger partial charge < -0.3 is 20.7 Å². The largest absolute Gasteiger partial charge is 0.378 e. The fourth-order valence-corrected chi connectivity index (χ4v) is 4.04. The van der Waals surface area contributed by atoms with E-state index in [9.17, 15) is 4.79 Å². The number of amides is 1. The van der Waals surface area contributed by atoms with E-state index in [-0.39, 0.29) is 23.8 Å². The number of carbonyl (C=O) groups is 1. The minimum absolute atomic E-state index is 0.00828. The summed E-state index contributed by atoms with van der Waals surface area (Å²) in [5.74, 6) is 1.63. The number of likely N-dealkylation sites (tertiary alicyclic amines) is 1. The minimum Gasteiger partial charge on any atom is -0.378 e. The van der Waals surface area contributed by atoms with Crippen LogP contribution in [0.2, 0.25) is 0 Å². The summed E-state index contributed by atoms with van der Waals surface area (Å²) in [5, 5.41) is 3.18. The molecule has 0 saturated carbocycles. The maximum Gasteiger partial charge on any atom is 0.232 e. The first-order valence-corrected chi connectivity index (χ1v) is 10.5. The van der Waals surface area contributed by atoms with Gasteiger partial charge in [0.1, 0.15) is 0 Å². The summed E-state index contributed by atoms with van der Waals surface area (Å²) < 4.78 is 5.35. The van der Waals surface area contributed by atoms with Crippen molar-refractivity contribution in [3.8, 4) is 0 Å². The van der Waals surface area contributed by atoms with Crippen LogP contribution in [0.1, 0.15) is 31.6 Å². The van der Waals surface area contributed by atoms with Gasteiger partial charge in [-0.3, -0.25) is 9.69 Å². The van der Waals surface area contributed by atoms with Crippen LogP contribution >= 0.6 is 0 Å². The van der Waals surface area contributed by atoms with Gasteiger partial charge >= 0.3 is 0 Å². The van der Waals surface area contributed by atoms with Gasteiger partial charge in [0, 0.05) is 24.7 Å². The van der Waals surface area contributed by atoms with Gasteiger partial charge in [0.2, 0.25) is 17.8 Å².